The summed E-state index contributed by atoms with van der Waals surface area (Å²) in [5, 5.41) is 6.90. The first-order valence-corrected chi connectivity index (χ1v) is 8.81. The predicted octanol–water partition coefficient (Wildman–Crippen LogP) is 2.52. The Balaban J connectivity index is 1.58. The molecule has 0 saturated carbocycles. The fourth-order valence-electron chi connectivity index (χ4n) is 3.19. The molecule has 1 aromatic heterocycles. The van der Waals surface area contributed by atoms with Gasteiger partial charge in [0.25, 0.3) is 0 Å². The summed E-state index contributed by atoms with van der Waals surface area (Å²) in [5.41, 5.74) is 0.772. The van der Waals surface area contributed by atoms with E-state index >= 15 is 0 Å². The fraction of sp³-hybridized carbons (Fsp3) is 0.389. The molecule has 1 aliphatic heterocycles. The SMILES string of the molecule is Fc1ccc(NC(=S)NC[C@H](c2ccco2)[NH+]2CCCCC2)cc1. The van der Waals surface area contributed by atoms with Gasteiger partial charge in [0.2, 0.25) is 0 Å². The van der Waals surface area contributed by atoms with E-state index in [4.69, 9.17) is 16.6 Å². The molecular weight excluding hydrogens is 325 g/mol. The topological polar surface area (TPSA) is 41.6 Å². The Bertz CT molecular complexity index is 639. The summed E-state index contributed by atoms with van der Waals surface area (Å²) < 4.78 is 18.6. The Labute approximate surface area is 147 Å². The lowest BCUT2D eigenvalue weighted by molar-refractivity contribution is -0.936. The van der Waals surface area contributed by atoms with Crippen molar-refractivity contribution in [1.29, 1.82) is 0 Å². The molecule has 1 atom stereocenters. The van der Waals surface area contributed by atoms with Crippen molar-refractivity contribution < 1.29 is 13.7 Å². The Hall–Kier alpha value is -1.92. The van der Waals surface area contributed by atoms with Crippen LogP contribution in [0.2, 0.25) is 0 Å². The van der Waals surface area contributed by atoms with Gasteiger partial charge < -0.3 is 20.0 Å². The second-order valence-corrected chi connectivity index (χ2v) is 6.54. The number of thiocarbonyl (C=S) groups is 1. The van der Waals surface area contributed by atoms with Gasteiger partial charge >= 0.3 is 0 Å². The quantitative estimate of drug-likeness (QED) is 0.727. The molecule has 0 bridgehead atoms. The molecule has 24 heavy (non-hydrogen) atoms. The summed E-state index contributed by atoms with van der Waals surface area (Å²) in [6.45, 7) is 3.02. The maximum atomic E-state index is 13.0. The van der Waals surface area contributed by atoms with Crippen LogP contribution in [0, 0.1) is 5.82 Å². The molecule has 0 aliphatic carbocycles. The molecule has 128 valence electrons. The molecule has 2 heterocycles. The molecule has 1 fully saturated rings. The third kappa shape index (κ3) is 4.55. The van der Waals surface area contributed by atoms with Crippen LogP contribution in [-0.4, -0.2) is 24.7 Å². The molecule has 3 rings (SSSR count). The average molecular weight is 348 g/mol. The molecule has 3 N–H and O–H groups in total. The van der Waals surface area contributed by atoms with Gasteiger partial charge in [-0.3, -0.25) is 0 Å². The van der Waals surface area contributed by atoms with Crippen LogP contribution >= 0.6 is 12.2 Å². The molecule has 1 saturated heterocycles. The zero-order valence-corrected chi connectivity index (χ0v) is 14.4. The van der Waals surface area contributed by atoms with Crippen molar-refractivity contribution in [3.63, 3.8) is 0 Å². The highest BCUT2D eigenvalue weighted by Crippen LogP contribution is 2.12. The zero-order chi connectivity index (χ0) is 16.8. The highest BCUT2D eigenvalue weighted by Gasteiger charge is 2.28. The smallest absolute Gasteiger partial charge is 0.171 e. The van der Waals surface area contributed by atoms with E-state index in [2.05, 4.69) is 10.6 Å². The molecule has 0 unspecified atom stereocenters. The van der Waals surface area contributed by atoms with E-state index in [-0.39, 0.29) is 11.9 Å². The molecule has 1 aliphatic rings. The third-order valence-corrected chi connectivity index (χ3v) is 4.69. The first-order chi connectivity index (χ1) is 11.7. The molecule has 1 aromatic carbocycles. The number of likely N-dealkylation sites (tertiary alicyclic amines) is 1. The lowest BCUT2D eigenvalue weighted by atomic mass is 10.1. The molecule has 0 amide bonds. The Morgan fingerprint density at radius 3 is 2.58 bits per heavy atom. The maximum Gasteiger partial charge on any atom is 0.171 e. The van der Waals surface area contributed by atoms with Crippen LogP contribution in [0.4, 0.5) is 10.1 Å². The van der Waals surface area contributed by atoms with Crippen molar-refractivity contribution in [2.45, 2.75) is 25.3 Å². The first-order valence-electron chi connectivity index (χ1n) is 8.41. The highest BCUT2D eigenvalue weighted by atomic mass is 32.1. The number of nitrogens with one attached hydrogen (secondary N) is 3. The summed E-state index contributed by atoms with van der Waals surface area (Å²) in [6.07, 6.45) is 5.54. The Morgan fingerprint density at radius 2 is 1.92 bits per heavy atom. The van der Waals surface area contributed by atoms with Gasteiger partial charge in [0.05, 0.1) is 25.9 Å². The van der Waals surface area contributed by atoms with Crippen molar-refractivity contribution in [3.8, 4) is 0 Å². The maximum absolute atomic E-state index is 13.0. The average Bonchev–Trinajstić information content (AvgIpc) is 3.12. The zero-order valence-electron chi connectivity index (χ0n) is 13.6. The number of halogens is 1. The van der Waals surface area contributed by atoms with Crippen LogP contribution in [0.1, 0.15) is 31.1 Å². The van der Waals surface area contributed by atoms with Gasteiger partial charge in [-0.25, -0.2) is 4.39 Å². The van der Waals surface area contributed by atoms with Gasteiger partial charge in [0, 0.05) is 5.69 Å². The minimum atomic E-state index is -0.258. The van der Waals surface area contributed by atoms with E-state index in [1.54, 1.807) is 18.4 Å². The van der Waals surface area contributed by atoms with E-state index < -0.39 is 0 Å². The van der Waals surface area contributed by atoms with Gasteiger partial charge in [-0.05, 0) is 67.9 Å². The van der Waals surface area contributed by atoms with Crippen LogP contribution in [0.25, 0.3) is 0 Å². The van der Waals surface area contributed by atoms with Crippen molar-refractivity contribution in [1.82, 2.24) is 5.32 Å². The van der Waals surface area contributed by atoms with Gasteiger partial charge in [0.15, 0.2) is 16.9 Å². The van der Waals surface area contributed by atoms with Crippen molar-refractivity contribution >= 4 is 23.0 Å². The van der Waals surface area contributed by atoms with Gasteiger partial charge in [-0.2, -0.15) is 0 Å². The summed E-state index contributed by atoms with van der Waals surface area (Å²) in [6, 6.07) is 10.4. The van der Waals surface area contributed by atoms with E-state index in [0.29, 0.717) is 11.7 Å². The molecule has 4 nitrogen and oxygen atoms in total. The Morgan fingerprint density at radius 1 is 1.17 bits per heavy atom. The van der Waals surface area contributed by atoms with Crippen molar-refractivity contribution in [2.75, 3.05) is 25.0 Å². The third-order valence-electron chi connectivity index (χ3n) is 4.44. The molecule has 2 aromatic rings. The second kappa shape index (κ2) is 8.26. The van der Waals surface area contributed by atoms with Crippen LogP contribution in [0.3, 0.4) is 0 Å². The molecule has 0 radical (unpaired) electrons. The minimum absolute atomic E-state index is 0.244. The van der Waals surface area contributed by atoms with Gasteiger partial charge in [0.1, 0.15) is 5.82 Å². The molecule has 6 heteroatoms. The van der Waals surface area contributed by atoms with Gasteiger partial charge in [-0.1, -0.05) is 0 Å². The first kappa shape index (κ1) is 16.9. The summed E-state index contributed by atoms with van der Waals surface area (Å²) in [4.78, 5) is 1.54. The number of benzene rings is 1. The summed E-state index contributed by atoms with van der Waals surface area (Å²) >= 11 is 5.36. The van der Waals surface area contributed by atoms with E-state index in [9.17, 15) is 4.39 Å². The van der Waals surface area contributed by atoms with Crippen LogP contribution < -0.4 is 15.5 Å². The number of anilines is 1. The lowest BCUT2D eigenvalue weighted by Gasteiger charge is -2.30. The number of furan rings is 1. The van der Waals surface area contributed by atoms with E-state index in [1.165, 1.54) is 36.3 Å². The van der Waals surface area contributed by atoms with E-state index in [1.807, 2.05) is 12.1 Å². The highest BCUT2D eigenvalue weighted by molar-refractivity contribution is 7.80. The summed E-state index contributed by atoms with van der Waals surface area (Å²) in [5.74, 6) is 0.731. The lowest BCUT2D eigenvalue weighted by Crippen LogP contribution is -3.13. The van der Waals surface area contributed by atoms with Crippen molar-refractivity contribution in [3.05, 3.63) is 54.2 Å². The number of rotatable bonds is 5. The van der Waals surface area contributed by atoms with Gasteiger partial charge in [-0.15, -0.1) is 0 Å². The molecule has 0 spiro atoms. The van der Waals surface area contributed by atoms with Crippen LogP contribution in [0.5, 0.6) is 0 Å². The largest absolute Gasteiger partial charge is 0.463 e. The normalized spacial score (nSPS) is 16.5. The standard InChI is InChI=1S/C18H22FN3OS/c19-14-6-8-15(9-7-14)21-18(24)20-13-16(17-5-4-12-23-17)22-10-2-1-3-11-22/h4-9,12,16H,1-3,10-11,13H2,(H2,20,21,24)/p+1/t16-/m1/s1. The number of quaternary nitrogens is 1. The van der Waals surface area contributed by atoms with Crippen LogP contribution in [-0.2, 0) is 0 Å². The fourth-order valence-corrected chi connectivity index (χ4v) is 3.39. The summed E-state index contributed by atoms with van der Waals surface area (Å²) in [7, 11) is 0. The number of piperidine rings is 1. The van der Waals surface area contributed by atoms with E-state index in [0.717, 1.165) is 24.5 Å². The second-order valence-electron chi connectivity index (χ2n) is 6.13. The van der Waals surface area contributed by atoms with Crippen LogP contribution in [0.15, 0.2) is 47.1 Å². The monoisotopic (exact) mass is 348 g/mol. The molecular formula is C18H23FN3OS+. The number of hydrogen-bond donors (Lipinski definition) is 3. The predicted molar refractivity (Wildman–Crippen MR) is 96.6 cm³/mol. The van der Waals surface area contributed by atoms with Crippen molar-refractivity contribution in [2.24, 2.45) is 0 Å². The Kier molecular flexibility index (Phi) is 5.82. The number of hydrogen-bond acceptors (Lipinski definition) is 2. The minimum Gasteiger partial charge on any atom is -0.463 e.